The van der Waals surface area contributed by atoms with Gasteiger partial charge in [-0.2, -0.15) is 0 Å². The van der Waals surface area contributed by atoms with Crippen molar-refractivity contribution in [2.45, 2.75) is 58.2 Å². The Hall–Kier alpha value is -2.72. The Morgan fingerprint density at radius 1 is 1.30 bits per heavy atom. The topological polar surface area (TPSA) is 97.8 Å². The van der Waals surface area contributed by atoms with Gasteiger partial charge in [0.05, 0.1) is 24.5 Å². The monoisotopic (exact) mass is 533 g/mol. The van der Waals surface area contributed by atoms with Crippen LogP contribution in [0.25, 0.3) is 11.3 Å². The summed E-state index contributed by atoms with van der Waals surface area (Å²) in [5.41, 5.74) is 0.808. The van der Waals surface area contributed by atoms with Gasteiger partial charge in [0.1, 0.15) is 22.6 Å². The van der Waals surface area contributed by atoms with E-state index in [1.165, 1.54) is 12.1 Å². The minimum absolute atomic E-state index is 0.0596. The fourth-order valence-electron chi connectivity index (χ4n) is 5.03. The number of carbonyl (C=O) groups is 1. The molecule has 0 radical (unpaired) electrons. The summed E-state index contributed by atoms with van der Waals surface area (Å²) >= 11 is 0. The SMILES string of the molecule is CC(C)COc1cc(F)cc(-c2ccc(C(=O)NS(=O)(=O)C3CCOC3)c(N3C[C@@H](C)CC3(C)C)n2)c1. The highest BCUT2D eigenvalue weighted by Crippen LogP contribution is 2.38. The van der Waals surface area contributed by atoms with Gasteiger partial charge in [0.2, 0.25) is 10.0 Å². The number of pyridine rings is 1. The van der Waals surface area contributed by atoms with Crippen LogP contribution in [-0.2, 0) is 14.8 Å². The molecule has 1 unspecified atom stereocenters. The van der Waals surface area contributed by atoms with Gasteiger partial charge in [0, 0.05) is 30.3 Å². The average molecular weight is 534 g/mol. The quantitative estimate of drug-likeness (QED) is 0.537. The standard InChI is InChI=1S/C27H36FN3O5S/c1-17(2)15-36-21-11-19(10-20(28)12-21)24-7-6-23(25(29-24)31-14-18(3)13-27(31,4)5)26(32)30-37(33,34)22-8-9-35-16-22/h6-7,10-12,17-18,22H,8-9,13-16H2,1-5H3,(H,30,32)/t18-,22?/m0/s1. The molecule has 8 nitrogen and oxygen atoms in total. The van der Waals surface area contributed by atoms with E-state index in [4.69, 9.17) is 14.5 Å². The molecule has 2 aliphatic rings. The molecule has 2 fully saturated rings. The van der Waals surface area contributed by atoms with E-state index in [-0.39, 0.29) is 23.6 Å². The Morgan fingerprint density at radius 3 is 2.68 bits per heavy atom. The van der Waals surface area contributed by atoms with E-state index in [9.17, 15) is 17.6 Å². The molecular formula is C27H36FN3O5S. The van der Waals surface area contributed by atoms with Gasteiger partial charge in [0.15, 0.2) is 0 Å². The lowest BCUT2D eigenvalue weighted by molar-refractivity contribution is 0.0981. The molecule has 37 heavy (non-hydrogen) atoms. The van der Waals surface area contributed by atoms with E-state index in [2.05, 4.69) is 25.5 Å². The molecule has 2 aliphatic heterocycles. The molecule has 3 heterocycles. The van der Waals surface area contributed by atoms with Crippen LogP contribution in [-0.4, -0.2) is 56.5 Å². The third kappa shape index (κ3) is 6.23. The smallest absolute Gasteiger partial charge is 0.268 e. The van der Waals surface area contributed by atoms with Crippen LogP contribution in [0.1, 0.15) is 57.8 Å². The summed E-state index contributed by atoms with van der Waals surface area (Å²) in [7, 11) is -3.91. The van der Waals surface area contributed by atoms with Gasteiger partial charge < -0.3 is 14.4 Å². The number of hydrogen-bond acceptors (Lipinski definition) is 7. The number of ether oxygens (including phenoxy) is 2. The number of nitrogens with zero attached hydrogens (tertiary/aromatic N) is 2. The number of nitrogens with one attached hydrogen (secondary N) is 1. The van der Waals surface area contributed by atoms with E-state index in [1.807, 2.05) is 18.7 Å². The number of carbonyl (C=O) groups excluding carboxylic acids is 1. The van der Waals surface area contributed by atoms with Gasteiger partial charge in [-0.3, -0.25) is 4.79 Å². The van der Waals surface area contributed by atoms with Crippen LogP contribution in [0.4, 0.5) is 10.2 Å². The first-order valence-corrected chi connectivity index (χ1v) is 14.3. The molecule has 10 heteroatoms. The van der Waals surface area contributed by atoms with Crippen molar-refractivity contribution < 1.29 is 27.1 Å². The first-order valence-electron chi connectivity index (χ1n) is 12.7. The summed E-state index contributed by atoms with van der Waals surface area (Å²) in [5.74, 6) is 0.199. The van der Waals surface area contributed by atoms with Crippen LogP contribution in [0, 0.1) is 17.7 Å². The zero-order chi connectivity index (χ0) is 27.0. The highest BCUT2D eigenvalue weighted by atomic mass is 32.2. The van der Waals surface area contributed by atoms with Gasteiger partial charge in [-0.05, 0) is 62.8 Å². The molecule has 2 atom stereocenters. The number of benzene rings is 1. The Morgan fingerprint density at radius 2 is 2.05 bits per heavy atom. The van der Waals surface area contributed by atoms with Crippen molar-refractivity contribution in [2.75, 3.05) is 31.3 Å². The Kier molecular flexibility index (Phi) is 7.80. The zero-order valence-electron chi connectivity index (χ0n) is 22.1. The second-order valence-electron chi connectivity index (χ2n) is 11.1. The van der Waals surface area contributed by atoms with Gasteiger partial charge in [-0.25, -0.2) is 22.5 Å². The van der Waals surface area contributed by atoms with Gasteiger partial charge in [0.25, 0.3) is 5.91 Å². The Labute approximate surface area is 218 Å². The van der Waals surface area contributed by atoms with Crippen LogP contribution in [0.5, 0.6) is 5.75 Å². The zero-order valence-corrected chi connectivity index (χ0v) is 22.9. The molecule has 1 N–H and O–H groups in total. The van der Waals surface area contributed by atoms with Crippen molar-refractivity contribution in [2.24, 2.45) is 11.8 Å². The molecule has 4 rings (SSSR count). The van der Waals surface area contributed by atoms with E-state index >= 15 is 0 Å². The van der Waals surface area contributed by atoms with E-state index in [0.717, 1.165) is 6.42 Å². The minimum atomic E-state index is -3.91. The summed E-state index contributed by atoms with van der Waals surface area (Å²) in [6, 6.07) is 7.59. The van der Waals surface area contributed by atoms with E-state index in [1.54, 1.807) is 18.2 Å². The van der Waals surface area contributed by atoms with Crippen LogP contribution in [0.3, 0.4) is 0 Å². The van der Waals surface area contributed by atoms with Gasteiger partial charge in [-0.1, -0.05) is 20.8 Å². The maximum absolute atomic E-state index is 14.5. The van der Waals surface area contributed by atoms with Gasteiger partial charge in [-0.15, -0.1) is 0 Å². The summed E-state index contributed by atoms with van der Waals surface area (Å²) in [5, 5.41) is -0.771. The lowest BCUT2D eigenvalue weighted by Gasteiger charge is -2.34. The predicted molar refractivity (Wildman–Crippen MR) is 141 cm³/mol. The summed E-state index contributed by atoms with van der Waals surface area (Å²) in [4.78, 5) is 20.2. The number of halogens is 1. The van der Waals surface area contributed by atoms with Crippen molar-refractivity contribution in [3.63, 3.8) is 0 Å². The molecule has 1 amide bonds. The first kappa shape index (κ1) is 27.3. The predicted octanol–water partition coefficient (Wildman–Crippen LogP) is 4.40. The maximum Gasteiger partial charge on any atom is 0.268 e. The fourth-order valence-corrected chi connectivity index (χ4v) is 6.25. The highest BCUT2D eigenvalue weighted by Gasteiger charge is 2.40. The molecule has 2 saturated heterocycles. The second kappa shape index (κ2) is 10.6. The molecule has 0 spiro atoms. The molecule has 1 aromatic heterocycles. The molecule has 0 saturated carbocycles. The molecule has 202 valence electrons. The van der Waals surface area contributed by atoms with Crippen LogP contribution < -0.4 is 14.4 Å². The fraction of sp³-hybridized carbons (Fsp3) is 0.556. The lowest BCUT2D eigenvalue weighted by atomic mass is 9.97. The molecule has 0 aliphatic carbocycles. The van der Waals surface area contributed by atoms with Crippen molar-refractivity contribution >= 4 is 21.7 Å². The Balaban J connectivity index is 1.74. The third-order valence-corrected chi connectivity index (χ3v) is 8.48. The van der Waals surface area contributed by atoms with Crippen LogP contribution in [0.2, 0.25) is 0 Å². The van der Waals surface area contributed by atoms with Crippen molar-refractivity contribution in [3.05, 3.63) is 41.7 Å². The number of hydrogen-bond donors (Lipinski definition) is 1. The number of amides is 1. The van der Waals surface area contributed by atoms with Crippen molar-refractivity contribution in [1.82, 2.24) is 9.71 Å². The number of sulfonamides is 1. The largest absolute Gasteiger partial charge is 0.493 e. The second-order valence-corrected chi connectivity index (χ2v) is 13.1. The molecular weight excluding hydrogens is 497 g/mol. The summed E-state index contributed by atoms with van der Waals surface area (Å²) in [6.07, 6.45) is 1.22. The van der Waals surface area contributed by atoms with Crippen molar-refractivity contribution in [1.29, 1.82) is 0 Å². The first-order chi connectivity index (χ1) is 17.4. The molecule has 0 bridgehead atoms. The van der Waals surface area contributed by atoms with E-state index in [0.29, 0.717) is 54.9 Å². The number of rotatable bonds is 8. The number of anilines is 1. The van der Waals surface area contributed by atoms with Gasteiger partial charge >= 0.3 is 0 Å². The maximum atomic E-state index is 14.5. The van der Waals surface area contributed by atoms with Crippen molar-refractivity contribution in [3.8, 4) is 17.0 Å². The van der Waals surface area contributed by atoms with E-state index < -0.39 is 27.0 Å². The molecule has 2 aromatic rings. The summed E-state index contributed by atoms with van der Waals surface area (Å²) in [6.45, 7) is 11.8. The summed E-state index contributed by atoms with van der Waals surface area (Å²) < 4.78 is 53.3. The van der Waals surface area contributed by atoms with Crippen LogP contribution >= 0.6 is 0 Å². The molecule has 1 aromatic carbocycles. The average Bonchev–Trinajstić information content (AvgIpc) is 3.44. The highest BCUT2D eigenvalue weighted by molar-refractivity contribution is 7.90. The third-order valence-electron chi connectivity index (χ3n) is 6.76. The lowest BCUT2D eigenvalue weighted by Crippen LogP contribution is -2.42. The van der Waals surface area contributed by atoms with Crippen LogP contribution in [0.15, 0.2) is 30.3 Å². The number of aromatic nitrogens is 1. The Bertz CT molecular complexity index is 1260. The normalized spacial score (nSPS) is 21.4. The minimum Gasteiger partial charge on any atom is -0.493 e.